The summed E-state index contributed by atoms with van der Waals surface area (Å²) in [5.74, 6) is 0.932. The van der Waals surface area contributed by atoms with Gasteiger partial charge in [0, 0.05) is 36.1 Å². The molecule has 0 radical (unpaired) electrons. The molecule has 0 aromatic heterocycles. The summed E-state index contributed by atoms with van der Waals surface area (Å²) in [7, 11) is 0. The summed E-state index contributed by atoms with van der Waals surface area (Å²) in [5, 5.41) is 3.82. The van der Waals surface area contributed by atoms with E-state index in [2.05, 4.69) is 5.32 Å². The third kappa shape index (κ3) is 4.33. The van der Waals surface area contributed by atoms with Crippen molar-refractivity contribution in [2.45, 2.75) is 19.3 Å². The first kappa shape index (κ1) is 17.4. The number of benzene rings is 1. The molecule has 5 nitrogen and oxygen atoms in total. The van der Waals surface area contributed by atoms with E-state index in [9.17, 15) is 9.59 Å². The number of halogens is 2. The lowest BCUT2D eigenvalue weighted by molar-refractivity contribution is -0.137. The molecule has 0 aliphatic carbocycles. The average molecular weight is 371 g/mol. The van der Waals surface area contributed by atoms with E-state index in [1.807, 2.05) is 4.90 Å². The molecule has 1 aromatic rings. The van der Waals surface area contributed by atoms with Gasteiger partial charge in [0.2, 0.25) is 11.8 Å². The summed E-state index contributed by atoms with van der Waals surface area (Å²) in [6, 6.07) is 5.16. The number of amides is 2. The fourth-order valence-corrected chi connectivity index (χ4v) is 3.69. The summed E-state index contributed by atoms with van der Waals surface area (Å²) in [6.07, 6.45) is 2.11. The first-order valence-corrected chi connectivity index (χ1v) is 8.91. The zero-order valence-corrected chi connectivity index (χ0v) is 14.8. The number of carbonyl (C=O) groups is 2. The minimum atomic E-state index is -0.195. The highest BCUT2D eigenvalue weighted by Crippen LogP contribution is 2.26. The Kier molecular flexibility index (Phi) is 5.51. The van der Waals surface area contributed by atoms with E-state index in [0.29, 0.717) is 54.4 Å². The number of nitrogens with one attached hydrogen (secondary N) is 1. The number of piperidine rings is 1. The Bertz CT molecular complexity index is 610. The van der Waals surface area contributed by atoms with Crippen molar-refractivity contribution >= 4 is 35.0 Å². The molecule has 2 aliphatic heterocycles. The van der Waals surface area contributed by atoms with Crippen molar-refractivity contribution < 1.29 is 14.3 Å². The Hall–Kier alpha value is -1.46. The fourth-order valence-electron chi connectivity index (χ4n) is 3.18. The quantitative estimate of drug-likeness (QED) is 0.886. The van der Waals surface area contributed by atoms with E-state index in [1.54, 1.807) is 18.2 Å². The molecule has 3 rings (SSSR count). The lowest BCUT2D eigenvalue weighted by Gasteiger charge is -2.33. The number of carbonyl (C=O) groups excluding carboxylic acids is 2. The molecule has 1 N–H and O–H groups in total. The Morgan fingerprint density at radius 2 is 1.88 bits per heavy atom. The van der Waals surface area contributed by atoms with Crippen LogP contribution >= 0.6 is 23.2 Å². The van der Waals surface area contributed by atoms with E-state index >= 15 is 0 Å². The van der Waals surface area contributed by atoms with Gasteiger partial charge in [-0.25, -0.2) is 0 Å². The van der Waals surface area contributed by atoms with Crippen molar-refractivity contribution in [1.29, 1.82) is 0 Å². The molecular weight excluding hydrogens is 351 g/mol. The summed E-state index contributed by atoms with van der Waals surface area (Å²) in [6.45, 7) is 2.49. The van der Waals surface area contributed by atoms with E-state index < -0.39 is 0 Å². The molecule has 2 fully saturated rings. The number of ether oxygens (including phenoxy) is 1. The number of hydrogen-bond acceptors (Lipinski definition) is 3. The smallest absolute Gasteiger partial charge is 0.227 e. The molecule has 2 amide bonds. The third-order valence-corrected chi connectivity index (χ3v) is 5.01. The van der Waals surface area contributed by atoms with Crippen LogP contribution in [0.3, 0.4) is 0 Å². The molecule has 130 valence electrons. The van der Waals surface area contributed by atoms with Gasteiger partial charge in [0.15, 0.2) is 0 Å². The van der Waals surface area contributed by atoms with Crippen LogP contribution in [0.4, 0.5) is 0 Å². The van der Waals surface area contributed by atoms with Crippen molar-refractivity contribution in [3.8, 4) is 5.75 Å². The summed E-state index contributed by atoms with van der Waals surface area (Å²) < 4.78 is 5.79. The second-order valence-electron chi connectivity index (χ2n) is 6.39. The molecule has 1 aromatic carbocycles. The number of hydrogen-bond donors (Lipinski definition) is 1. The van der Waals surface area contributed by atoms with Crippen LogP contribution < -0.4 is 10.1 Å². The van der Waals surface area contributed by atoms with Crippen molar-refractivity contribution in [2.24, 2.45) is 11.8 Å². The number of likely N-dealkylation sites (tertiary alicyclic amines) is 1. The molecule has 0 saturated carbocycles. The highest BCUT2D eigenvalue weighted by molar-refractivity contribution is 6.34. The lowest BCUT2D eigenvalue weighted by Crippen LogP contribution is -2.43. The minimum absolute atomic E-state index is 0.0307. The van der Waals surface area contributed by atoms with E-state index in [0.717, 1.165) is 12.8 Å². The first-order chi connectivity index (χ1) is 11.5. The van der Waals surface area contributed by atoms with Gasteiger partial charge >= 0.3 is 0 Å². The minimum Gasteiger partial charge on any atom is -0.493 e. The Morgan fingerprint density at radius 1 is 1.21 bits per heavy atom. The van der Waals surface area contributed by atoms with Crippen LogP contribution in [0.5, 0.6) is 5.75 Å². The molecule has 1 atom stereocenters. The van der Waals surface area contributed by atoms with Gasteiger partial charge in [-0.3, -0.25) is 9.59 Å². The summed E-state index contributed by atoms with van der Waals surface area (Å²) in [5.41, 5.74) is 0. The van der Waals surface area contributed by atoms with Crippen molar-refractivity contribution in [3.05, 3.63) is 28.2 Å². The first-order valence-electron chi connectivity index (χ1n) is 8.15. The van der Waals surface area contributed by atoms with Gasteiger partial charge in [-0.2, -0.15) is 0 Å². The zero-order chi connectivity index (χ0) is 17.1. The van der Waals surface area contributed by atoms with Crippen molar-refractivity contribution in [2.75, 3.05) is 26.2 Å². The van der Waals surface area contributed by atoms with Gasteiger partial charge in [-0.15, -0.1) is 0 Å². The van der Waals surface area contributed by atoms with Gasteiger partial charge in [0.25, 0.3) is 0 Å². The van der Waals surface area contributed by atoms with Gasteiger partial charge in [0.05, 0.1) is 12.5 Å². The van der Waals surface area contributed by atoms with Crippen molar-refractivity contribution in [3.63, 3.8) is 0 Å². The van der Waals surface area contributed by atoms with Gasteiger partial charge in [0.1, 0.15) is 5.75 Å². The largest absolute Gasteiger partial charge is 0.493 e. The standard InChI is InChI=1S/C17H20Cl2N2O3/c18-13-6-14(19)8-15(7-13)24-10-11-1-3-21(4-2-11)17(23)12-5-16(22)20-9-12/h6-8,11-12H,1-5,9-10H2,(H,20,22). The fraction of sp³-hybridized carbons (Fsp3) is 0.529. The molecule has 0 bridgehead atoms. The van der Waals surface area contributed by atoms with E-state index in [4.69, 9.17) is 27.9 Å². The van der Waals surface area contributed by atoms with Crippen LogP contribution in [0.2, 0.25) is 10.0 Å². The van der Waals surface area contributed by atoms with Gasteiger partial charge in [-0.05, 0) is 37.0 Å². The van der Waals surface area contributed by atoms with Crippen LogP contribution in [0.1, 0.15) is 19.3 Å². The molecule has 0 spiro atoms. The van der Waals surface area contributed by atoms with Gasteiger partial charge < -0.3 is 15.0 Å². The monoisotopic (exact) mass is 370 g/mol. The SMILES string of the molecule is O=C1CC(C(=O)N2CCC(COc3cc(Cl)cc(Cl)c3)CC2)CN1. The van der Waals surface area contributed by atoms with Crippen LogP contribution in [-0.2, 0) is 9.59 Å². The highest BCUT2D eigenvalue weighted by Gasteiger charge is 2.33. The second-order valence-corrected chi connectivity index (χ2v) is 7.26. The Balaban J connectivity index is 1.45. The van der Waals surface area contributed by atoms with Crippen LogP contribution in [0.25, 0.3) is 0 Å². The van der Waals surface area contributed by atoms with Gasteiger partial charge in [-0.1, -0.05) is 23.2 Å². The Labute approximate surface area is 151 Å². The predicted octanol–water partition coefficient (Wildman–Crippen LogP) is 2.75. The average Bonchev–Trinajstić information content (AvgIpc) is 2.98. The van der Waals surface area contributed by atoms with Crippen LogP contribution in [-0.4, -0.2) is 43.0 Å². The summed E-state index contributed by atoms with van der Waals surface area (Å²) >= 11 is 11.9. The normalized spacial score (nSPS) is 21.7. The third-order valence-electron chi connectivity index (χ3n) is 4.57. The molecule has 2 saturated heterocycles. The van der Waals surface area contributed by atoms with Crippen LogP contribution in [0.15, 0.2) is 18.2 Å². The maximum atomic E-state index is 12.4. The zero-order valence-electron chi connectivity index (χ0n) is 13.3. The maximum Gasteiger partial charge on any atom is 0.227 e. The van der Waals surface area contributed by atoms with Crippen LogP contribution in [0, 0.1) is 11.8 Å². The second kappa shape index (κ2) is 7.62. The molecule has 24 heavy (non-hydrogen) atoms. The topological polar surface area (TPSA) is 58.6 Å². The predicted molar refractivity (Wildman–Crippen MR) is 92.4 cm³/mol. The van der Waals surface area contributed by atoms with Crippen molar-refractivity contribution in [1.82, 2.24) is 10.2 Å². The molecule has 2 heterocycles. The maximum absolute atomic E-state index is 12.4. The highest BCUT2D eigenvalue weighted by atomic mass is 35.5. The molecule has 2 aliphatic rings. The molecule has 1 unspecified atom stereocenters. The molecular formula is C17H20Cl2N2O3. The van der Waals surface area contributed by atoms with E-state index in [1.165, 1.54) is 0 Å². The van der Waals surface area contributed by atoms with E-state index in [-0.39, 0.29) is 17.7 Å². The lowest BCUT2D eigenvalue weighted by atomic mass is 9.96. The summed E-state index contributed by atoms with van der Waals surface area (Å²) in [4.78, 5) is 25.5. The number of rotatable bonds is 4. The number of nitrogens with zero attached hydrogens (tertiary/aromatic N) is 1. The Morgan fingerprint density at radius 3 is 2.46 bits per heavy atom. The molecule has 7 heteroatoms.